The highest BCUT2D eigenvalue weighted by atomic mass is 79.9. The number of fused-ring (bicyclic) bond motifs is 1. The van der Waals surface area contributed by atoms with Crippen LogP contribution < -0.4 is 4.90 Å². The predicted octanol–water partition coefficient (Wildman–Crippen LogP) is 3.20. The van der Waals surface area contributed by atoms with Crippen LogP contribution >= 0.6 is 15.9 Å². The van der Waals surface area contributed by atoms with Crippen LogP contribution in [0, 0.1) is 0 Å². The number of furan rings is 1. The van der Waals surface area contributed by atoms with Gasteiger partial charge in [0.05, 0.1) is 17.6 Å². The smallest absolute Gasteiger partial charge is 0.414 e. The molecule has 25 heavy (non-hydrogen) atoms. The third-order valence-corrected chi connectivity index (χ3v) is 3.83. The quantitative estimate of drug-likeness (QED) is 0.615. The molecule has 3 aromatic heterocycles. The number of aromatic nitrogens is 3. The van der Waals surface area contributed by atoms with E-state index in [1.165, 1.54) is 30.7 Å². The van der Waals surface area contributed by atoms with Crippen molar-refractivity contribution in [2.75, 3.05) is 18.6 Å². The Labute approximate surface area is 151 Å². The lowest BCUT2D eigenvalue weighted by atomic mass is 10.1. The van der Waals surface area contributed by atoms with Crippen molar-refractivity contribution in [2.45, 2.75) is 6.92 Å². The summed E-state index contributed by atoms with van der Waals surface area (Å²) < 4.78 is 11.3. The van der Waals surface area contributed by atoms with Gasteiger partial charge in [0.1, 0.15) is 12.0 Å². The first-order valence-electron chi connectivity index (χ1n) is 7.31. The summed E-state index contributed by atoms with van der Waals surface area (Å²) in [6.45, 7) is 1.90. The van der Waals surface area contributed by atoms with Crippen LogP contribution in [0.15, 0.2) is 39.9 Å². The third-order valence-electron chi connectivity index (χ3n) is 3.39. The Bertz CT molecular complexity index is 942. The maximum atomic E-state index is 12.8. The lowest BCUT2D eigenvalue weighted by Crippen LogP contribution is -2.28. The van der Waals surface area contributed by atoms with Crippen LogP contribution in [0.2, 0.25) is 0 Å². The predicted molar refractivity (Wildman–Crippen MR) is 92.6 cm³/mol. The number of nitrogens with zero attached hydrogens (tertiary/aromatic N) is 4. The van der Waals surface area contributed by atoms with Gasteiger partial charge in [-0.15, -0.1) is 0 Å². The van der Waals surface area contributed by atoms with Crippen molar-refractivity contribution < 1.29 is 18.7 Å². The van der Waals surface area contributed by atoms with Gasteiger partial charge in [-0.2, -0.15) is 0 Å². The molecule has 9 heteroatoms. The molecule has 8 nitrogen and oxygen atoms in total. The van der Waals surface area contributed by atoms with Gasteiger partial charge < -0.3 is 9.15 Å². The molecular weight excluding hydrogens is 392 g/mol. The SMILES string of the molecule is CCOC(=O)N(C)c1c(C(=O)c2cncnc2)oc2ncc(Br)cc12. The van der Waals surface area contributed by atoms with Crippen LogP contribution in [0.25, 0.3) is 11.1 Å². The number of rotatable bonds is 4. The summed E-state index contributed by atoms with van der Waals surface area (Å²) in [6, 6.07) is 1.72. The minimum Gasteiger partial charge on any atom is -0.449 e. The standard InChI is InChI=1S/C16H13BrN4O4/c1-3-24-16(23)21(2)12-11-4-10(17)7-20-15(11)25-14(12)13(22)9-5-18-8-19-6-9/h4-8H,3H2,1-2H3. The topological polar surface area (TPSA) is 98.4 Å². The Morgan fingerprint density at radius 1 is 1.28 bits per heavy atom. The average Bonchev–Trinajstić information content (AvgIpc) is 2.99. The summed E-state index contributed by atoms with van der Waals surface area (Å²) in [5.41, 5.74) is 0.741. The van der Waals surface area contributed by atoms with Gasteiger partial charge in [-0.25, -0.2) is 19.7 Å². The number of pyridine rings is 1. The molecule has 0 aliphatic rings. The molecule has 0 unspecified atom stereocenters. The summed E-state index contributed by atoms with van der Waals surface area (Å²) >= 11 is 3.33. The highest BCUT2D eigenvalue weighted by Crippen LogP contribution is 2.35. The van der Waals surface area contributed by atoms with Gasteiger partial charge in [0.2, 0.25) is 17.3 Å². The van der Waals surface area contributed by atoms with E-state index in [1.807, 2.05) is 0 Å². The van der Waals surface area contributed by atoms with Crippen LogP contribution in [-0.2, 0) is 4.74 Å². The zero-order valence-electron chi connectivity index (χ0n) is 13.4. The fourth-order valence-corrected chi connectivity index (χ4v) is 2.62. The lowest BCUT2D eigenvalue weighted by Gasteiger charge is -2.16. The summed E-state index contributed by atoms with van der Waals surface area (Å²) in [7, 11) is 1.50. The van der Waals surface area contributed by atoms with Crippen molar-refractivity contribution >= 4 is 44.6 Å². The first-order valence-corrected chi connectivity index (χ1v) is 8.10. The fourth-order valence-electron chi connectivity index (χ4n) is 2.29. The zero-order chi connectivity index (χ0) is 18.0. The van der Waals surface area contributed by atoms with E-state index in [0.717, 1.165) is 0 Å². The molecule has 0 saturated heterocycles. The molecule has 0 N–H and O–H groups in total. The maximum Gasteiger partial charge on any atom is 0.414 e. The van der Waals surface area contributed by atoms with Crippen molar-refractivity contribution in [2.24, 2.45) is 0 Å². The first kappa shape index (κ1) is 17.0. The Balaban J connectivity index is 2.19. The van der Waals surface area contributed by atoms with E-state index < -0.39 is 11.9 Å². The van der Waals surface area contributed by atoms with Crippen molar-refractivity contribution in [1.82, 2.24) is 15.0 Å². The Hall–Kier alpha value is -2.81. The van der Waals surface area contributed by atoms with Crippen LogP contribution in [-0.4, -0.2) is 40.5 Å². The lowest BCUT2D eigenvalue weighted by molar-refractivity contribution is 0.101. The number of ketones is 1. The monoisotopic (exact) mass is 404 g/mol. The Morgan fingerprint density at radius 3 is 2.68 bits per heavy atom. The highest BCUT2D eigenvalue weighted by molar-refractivity contribution is 9.10. The number of halogens is 1. The van der Waals surface area contributed by atoms with Crippen LogP contribution in [0.4, 0.5) is 10.5 Å². The van der Waals surface area contributed by atoms with Gasteiger partial charge in [0.25, 0.3) is 0 Å². The second-order valence-corrected chi connectivity index (χ2v) is 5.92. The molecule has 3 heterocycles. The maximum absolute atomic E-state index is 12.8. The summed E-state index contributed by atoms with van der Waals surface area (Å²) in [4.78, 5) is 38.0. The minimum atomic E-state index is -0.608. The molecule has 0 fully saturated rings. The van der Waals surface area contributed by atoms with E-state index in [1.54, 1.807) is 19.2 Å². The van der Waals surface area contributed by atoms with Gasteiger partial charge in [-0.05, 0) is 28.9 Å². The number of anilines is 1. The first-order chi connectivity index (χ1) is 12.0. The van der Waals surface area contributed by atoms with Gasteiger partial charge in [0.15, 0.2) is 0 Å². The van der Waals surface area contributed by atoms with Crippen molar-refractivity contribution in [1.29, 1.82) is 0 Å². The average molecular weight is 405 g/mol. The van der Waals surface area contributed by atoms with Gasteiger partial charge in [-0.1, -0.05) is 0 Å². The van der Waals surface area contributed by atoms with Crippen molar-refractivity contribution in [3.63, 3.8) is 0 Å². The largest absolute Gasteiger partial charge is 0.449 e. The number of carbonyl (C=O) groups excluding carboxylic acids is 2. The molecule has 0 aromatic carbocycles. The van der Waals surface area contributed by atoms with Crippen LogP contribution in [0.3, 0.4) is 0 Å². The second kappa shape index (κ2) is 6.98. The summed E-state index contributed by atoms with van der Waals surface area (Å²) in [6.07, 6.45) is 5.00. The molecule has 0 saturated carbocycles. The van der Waals surface area contributed by atoms with Gasteiger partial charge in [-0.3, -0.25) is 9.69 Å². The van der Waals surface area contributed by atoms with Crippen LogP contribution in [0.1, 0.15) is 23.0 Å². The number of ether oxygens (including phenoxy) is 1. The number of hydrogen-bond acceptors (Lipinski definition) is 7. The number of amides is 1. The molecular formula is C16H13BrN4O4. The summed E-state index contributed by atoms with van der Waals surface area (Å²) in [5.74, 6) is -0.494. The van der Waals surface area contributed by atoms with E-state index >= 15 is 0 Å². The normalized spacial score (nSPS) is 10.7. The molecule has 3 aromatic rings. The van der Waals surface area contributed by atoms with E-state index in [4.69, 9.17) is 9.15 Å². The molecule has 0 spiro atoms. The molecule has 0 radical (unpaired) electrons. The molecule has 3 rings (SSSR count). The highest BCUT2D eigenvalue weighted by Gasteiger charge is 2.28. The molecule has 1 amide bonds. The van der Waals surface area contributed by atoms with E-state index in [2.05, 4.69) is 30.9 Å². The fraction of sp³-hybridized carbons (Fsp3) is 0.188. The van der Waals surface area contributed by atoms with E-state index in [0.29, 0.717) is 9.86 Å². The summed E-state index contributed by atoms with van der Waals surface area (Å²) in [5, 5.41) is 0.505. The molecule has 128 valence electrons. The van der Waals surface area contributed by atoms with E-state index in [-0.39, 0.29) is 29.3 Å². The van der Waals surface area contributed by atoms with Gasteiger partial charge >= 0.3 is 6.09 Å². The van der Waals surface area contributed by atoms with Crippen molar-refractivity contribution in [3.8, 4) is 0 Å². The Morgan fingerprint density at radius 2 is 2.00 bits per heavy atom. The zero-order valence-corrected chi connectivity index (χ0v) is 15.0. The second-order valence-electron chi connectivity index (χ2n) is 5.00. The molecule has 0 atom stereocenters. The van der Waals surface area contributed by atoms with Gasteiger partial charge in [0, 0.05) is 30.1 Å². The number of hydrogen-bond donors (Lipinski definition) is 0. The van der Waals surface area contributed by atoms with Crippen molar-refractivity contribution in [3.05, 3.63) is 46.8 Å². The number of carbonyl (C=O) groups is 2. The molecule has 0 aliphatic carbocycles. The third kappa shape index (κ3) is 3.22. The molecule has 0 bridgehead atoms. The minimum absolute atomic E-state index is 0.0362. The van der Waals surface area contributed by atoms with Crippen LogP contribution in [0.5, 0.6) is 0 Å². The van der Waals surface area contributed by atoms with E-state index in [9.17, 15) is 9.59 Å². The Kier molecular flexibility index (Phi) is 4.75. The molecule has 0 aliphatic heterocycles.